The zero-order valence-electron chi connectivity index (χ0n) is 8.95. The van der Waals surface area contributed by atoms with Gasteiger partial charge in [0.1, 0.15) is 0 Å². The van der Waals surface area contributed by atoms with Crippen molar-refractivity contribution in [3.8, 4) is 0 Å². The van der Waals surface area contributed by atoms with Gasteiger partial charge >= 0.3 is 6.03 Å². The van der Waals surface area contributed by atoms with Gasteiger partial charge in [-0.15, -0.1) is 0 Å². The Kier molecular flexibility index (Phi) is 2.33. The number of hydrogen-bond acceptors (Lipinski definition) is 4. The number of carbonyl (C=O) groups is 2. The van der Waals surface area contributed by atoms with Crippen LogP contribution >= 0.6 is 0 Å². The van der Waals surface area contributed by atoms with Gasteiger partial charge in [0, 0.05) is 18.6 Å². The van der Waals surface area contributed by atoms with Crippen molar-refractivity contribution in [2.24, 2.45) is 5.92 Å². The lowest BCUT2D eigenvalue weighted by Gasteiger charge is -2.47. The number of imide groups is 1. The minimum atomic E-state index is -0.362. The standard InChI is InChI=1S/C10H16N4O2/c15-9-5-4-12-6-2-1-3-11-8(6)7(5)13-10(16)14-9/h5-8,11-12H,1-4H2,(H2,13,14,15,16). The molecule has 3 aliphatic rings. The van der Waals surface area contributed by atoms with Crippen LogP contribution in [0.25, 0.3) is 0 Å². The third-order valence-corrected chi connectivity index (χ3v) is 3.80. The fourth-order valence-electron chi connectivity index (χ4n) is 3.01. The first-order valence-electron chi connectivity index (χ1n) is 5.84. The van der Waals surface area contributed by atoms with Gasteiger partial charge < -0.3 is 16.0 Å². The number of urea groups is 1. The summed E-state index contributed by atoms with van der Waals surface area (Å²) in [6.07, 6.45) is 2.25. The lowest BCUT2D eigenvalue weighted by Crippen LogP contribution is -2.74. The molecule has 88 valence electrons. The van der Waals surface area contributed by atoms with Crippen LogP contribution in [-0.2, 0) is 4.79 Å². The fraction of sp³-hybridized carbons (Fsp3) is 0.800. The Balaban J connectivity index is 1.83. The monoisotopic (exact) mass is 224 g/mol. The van der Waals surface area contributed by atoms with Crippen LogP contribution in [0.15, 0.2) is 0 Å². The lowest BCUT2D eigenvalue weighted by molar-refractivity contribution is -0.127. The molecule has 0 saturated carbocycles. The first-order valence-corrected chi connectivity index (χ1v) is 5.84. The molecule has 3 heterocycles. The zero-order valence-corrected chi connectivity index (χ0v) is 8.95. The zero-order chi connectivity index (χ0) is 11.1. The third-order valence-electron chi connectivity index (χ3n) is 3.80. The van der Waals surface area contributed by atoms with Crippen LogP contribution in [0.5, 0.6) is 0 Å². The molecule has 6 nitrogen and oxygen atoms in total. The highest BCUT2D eigenvalue weighted by molar-refractivity contribution is 5.98. The van der Waals surface area contributed by atoms with Gasteiger partial charge in [0.2, 0.25) is 5.91 Å². The van der Waals surface area contributed by atoms with Crippen LogP contribution in [-0.4, -0.2) is 43.2 Å². The maximum absolute atomic E-state index is 11.7. The minimum Gasteiger partial charge on any atom is -0.333 e. The van der Waals surface area contributed by atoms with Crippen molar-refractivity contribution >= 4 is 11.9 Å². The number of piperidine rings is 2. The first-order chi connectivity index (χ1) is 7.75. The summed E-state index contributed by atoms with van der Waals surface area (Å²) >= 11 is 0. The molecule has 4 N–H and O–H groups in total. The van der Waals surface area contributed by atoms with Gasteiger partial charge in [-0.2, -0.15) is 0 Å². The number of nitrogens with one attached hydrogen (secondary N) is 4. The van der Waals surface area contributed by atoms with Gasteiger partial charge in [-0.25, -0.2) is 4.79 Å². The SMILES string of the molecule is O=C1NC(=O)C2CNC3CCCNC3C2N1. The van der Waals surface area contributed by atoms with Crippen molar-refractivity contribution in [3.05, 3.63) is 0 Å². The third kappa shape index (κ3) is 1.49. The Morgan fingerprint density at radius 1 is 1.12 bits per heavy atom. The number of amides is 3. The molecule has 3 rings (SSSR count). The predicted molar refractivity (Wildman–Crippen MR) is 56.8 cm³/mol. The van der Waals surface area contributed by atoms with E-state index in [-0.39, 0.29) is 29.9 Å². The summed E-state index contributed by atoms with van der Waals surface area (Å²) in [4.78, 5) is 23.0. The van der Waals surface area contributed by atoms with E-state index in [1.807, 2.05) is 0 Å². The van der Waals surface area contributed by atoms with Gasteiger partial charge in [-0.3, -0.25) is 10.1 Å². The summed E-state index contributed by atoms with van der Waals surface area (Å²) < 4.78 is 0. The lowest BCUT2D eigenvalue weighted by atomic mass is 9.80. The average molecular weight is 224 g/mol. The van der Waals surface area contributed by atoms with E-state index in [4.69, 9.17) is 0 Å². The number of carbonyl (C=O) groups excluding carboxylic acids is 2. The molecule has 0 aromatic carbocycles. The van der Waals surface area contributed by atoms with E-state index in [2.05, 4.69) is 21.3 Å². The topological polar surface area (TPSA) is 82.3 Å². The molecular formula is C10H16N4O2. The summed E-state index contributed by atoms with van der Waals surface area (Å²) in [5, 5.41) is 12.0. The number of hydrogen-bond donors (Lipinski definition) is 4. The van der Waals surface area contributed by atoms with E-state index >= 15 is 0 Å². The molecule has 3 amide bonds. The van der Waals surface area contributed by atoms with E-state index in [1.165, 1.54) is 0 Å². The second-order valence-electron chi connectivity index (χ2n) is 4.73. The molecule has 0 radical (unpaired) electrons. The van der Waals surface area contributed by atoms with Crippen molar-refractivity contribution in [2.75, 3.05) is 13.1 Å². The van der Waals surface area contributed by atoms with Gasteiger partial charge in [-0.1, -0.05) is 0 Å². The second-order valence-corrected chi connectivity index (χ2v) is 4.73. The molecule has 0 aromatic rings. The van der Waals surface area contributed by atoms with Crippen LogP contribution in [0.2, 0.25) is 0 Å². The summed E-state index contributed by atoms with van der Waals surface area (Å²) in [5.74, 6) is -0.309. The van der Waals surface area contributed by atoms with E-state index < -0.39 is 0 Å². The molecular weight excluding hydrogens is 208 g/mol. The maximum Gasteiger partial charge on any atom is 0.321 e. The first kappa shape index (κ1) is 10.0. The Bertz CT molecular complexity index is 333. The largest absolute Gasteiger partial charge is 0.333 e. The highest BCUT2D eigenvalue weighted by Gasteiger charge is 2.46. The maximum atomic E-state index is 11.7. The van der Waals surface area contributed by atoms with Crippen molar-refractivity contribution in [1.82, 2.24) is 21.3 Å². The van der Waals surface area contributed by atoms with Gasteiger partial charge in [0.15, 0.2) is 0 Å². The second kappa shape index (κ2) is 3.71. The Morgan fingerprint density at radius 2 is 2.00 bits per heavy atom. The van der Waals surface area contributed by atoms with E-state index in [0.717, 1.165) is 19.4 Å². The Morgan fingerprint density at radius 3 is 2.88 bits per heavy atom. The summed E-state index contributed by atoms with van der Waals surface area (Å²) in [7, 11) is 0. The molecule has 0 aromatic heterocycles. The smallest absolute Gasteiger partial charge is 0.321 e. The number of fused-ring (bicyclic) bond motifs is 3. The van der Waals surface area contributed by atoms with Crippen LogP contribution in [0.3, 0.4) is 0 Å². The van der Waals surface area contributed by atoms with Gasteiger partial charge in [-0.05, 0) is 19.4 Å². The molecule has 4 atom stereocenters. The molecule has 3 fully saturated rings. The quantitative estimate of drug-likeness (QED) is 0.405. The van der Waals surface area contributed by atoms with Crippen LogP contribution in [0.4, 0.5) is 4.79 Å². The van der Waals surface area contributed by atoms with Crippen molar-refractivity contribution < 1.29 is 9.59 Å². The van der Waals surface area contributed by atoms with E-state index in [1.54, 1.807) is 0 Å². The van der Waals surface area contributed by atoms with E-state index in [9.17, 15) is 9.59 Å². The minimum absolute atomic E-state index is 0.0622. The van der Waals surface area contributed by atoms with Crippen molar-refractivity contribution in [3.63, 3.8) is 0 Å². The normalized spacial score (nSPS) is 42.8. The summed E-state index contributed by atoms with van der Waals surface area (Å²) in [5.41, 5.74) is 0. The molecule has 16 heavy (non-hydrogen) atoms. The molecule has 3 saturated heterocycles. The Hall–Kier alpha value is -1.14. The van der Waals surface area contributed by atoms with Gasteiger partial charge in [0.05, 0.1) is 12.0 Å². The van der Waals surface area contributed by atoms with Crippen LogP contribution in [0, 0.1) is 5.92 Å². The predicted octanol–water partition coefficient (Wildman–Crippen LogP) is -1.47. The van der Waals surface area contributed by atoms with Crippen molar-refractivity contribution in [1.29, 1.82) is 0 Å². The summed E-state index contributed by atoms with van der Waals surface area (Å²) in [6.45, 7) is 1.61. The van der Waals surface area contributed by atoms with Crippen LogP contribution < -0.4 is 21.3 Å². The summed E-state index contributed by atoms with van der Waals surface area (Å²) in [6, 6.07) is 0.135. The molecule has 3 aliphatic heterocycles. The average Bonchev–Trinajstić information content (AvgIpc) is 2.28. The molecule has 0 bridgehead atoms. The molecule has 0 aliphatic carbocycles. The Labute approximate surface area is 93.5 Å². The van der Waals surface area contributed by atoms with Gasteiger partial charge in [0.25, 0.3) is 0 Å². The van der Waals surface area contributed by atoms with E-state index in [0.29, 0.717) is 12.6 Å². The fourth-order valence-corrected chi connectivity index (χ4v) is 3.01. The molecule has 6 heteroatoms. The van der Waals surface area contributed by atoms with Crippen LogP contribution in [0.1, 0.15) is 12.8 Å². The highest BCUT2D eigenvalue weighted by Crippen LogP contribution is 2.23. The molecule has 4 unspecified atom stereocenters. The number of rotatable bonds is 0. The molecule has 0 spiro atoms. The highest BCUT2D eigenvalue weighted by atomic mass is 16.2. The van der Waals surface area contributed by atoms with Crippen molar-refractivity contribution in [2.45, 2.75) is 31.0 Å².